The smallest absolute Gasteiger partial charge is 0.0977 e. The zero-order valence-corrected chi connectivity index (χ0v) is 8.08. The fourth-order valence-corrected chi connectivity index (χ4v) is 1.46. The molecule has 0 amide bonds. The van der Waals surface area contributed by atoms with Crippen LogP contribution in [0.25, 0.3) is 0 Å². The lowest BCUT2D eigenvalue weighted by atomic mass is 10.2. The summed E-state index contributed by atoms with van der Waals surface area (Å²) in [4.78, 5) is 12.4. The molecule has 3 heteroatoms. The Morgan fingerprint density at radius 3 is 2.83 bits per heavy atom. The van der Waals surface area contributed by atoms with Crippen molar-refractivity contribution in [1.82, 2.24) is 4.90 Å². The summed E-state index contributed by atoms with van der Waals surface area (Å²) in [6.07, 6.45) is 3.55. The maximum atomic E-state index is 5.09. The highest BCUT2D eigenvalue weighted by Gasteiger charge is 2.20. The van der Waals surface area contributed by atoms with Crippen molar-refractivity contribution in [3.63, 3.8) is 0 Å². The average molecular weight is 173 g/mol. The molecule has 1 heterocycles. The number of likely N-dealkylation sites (tertiary alicyclic amines) is 1. The molecule has 1 aliphatic heterocycles. The molecule has 12 heavy (non-hydrogen) atoms. The lowest BCUT2D eigenvalue weighted by molar-refractivity contribution is -0.299. The van der Waals surface area contributed by atoms with Crippen LogP contribution in [0.5, 0.6) is 0 Å². The van der Waals surface area contributed by atoms with E-state index in [9.17, 15) is 0 Å². The van der Waals surface area contributed by atoms with Crippen LogP contribution in [0.3, 0.4) is 0 Å². The lowest BCUT2D eigenvalue weighted by Gasteiger charge is -2.18. The van der Waals surface area contributed by atoms with Gasteiger partial charge in [0.2, 0.25) is 0 Å². The topological polar surface area (TPSA) is 21.7 Å². The molecule has 1 saturated heterocycles. The third-order valence-corrected chi connectivity index (χ3v) is 2.30. The van der Waals surface area contributed by atoms with Gasteiger partial charge in [0.05, 0.1) is 13.2 Å². The Bertz CT molecular complexity index is 119. The van der Waals surface area contributed by atoms with Crippen LogP contribution >= 0.6 is 0 Å². The first-order valence-electron chi connectivity index (χ1n) is 4.79. The van der Waals surface area contributed by atoms with E-state index >= 15 is 0 Å². The van der Waals surface area contributed by atoms with Crippen LogP contribution < -0.4 is 0 Å². The minimum atomic E-state index is 0.571. The van der Waals surface area contributed by atoms with Gasteiger partial charge in [-0.15, -0.1) is 0 Å². The van der Waals surface area contributed by atoms with Crippen molar-refractivity contribution in [2.24, 2.45) is 0 Å². The maximum Gasteiger partial charge on any atom is 0.0977 e. The van der Waals surface area contributed by atoms with Gasteiger partial charge in [-0.2, -0.15) is 0 Å². The minimum Gasteiger partial charge on any atom is -0.301 e. The van der Waals surface area contributed by atoms with E-state index in [1.165, 1.54) is 19.4 Å². The first-order chi connectivity index (χ1) is 5.84. The standard InChI is InChI=1S/C9H19NO2/c1-3-7-11-12-8-9-5-4-6-10(9)2/h9H,3-8H2,1-2H3/t9-/m0/s1. The second-order valence-electron chi connectivity index (χ2n) is 3.38. The quantitative estimate of drug-likeness (QED) is 0.357. The molecule has 1 atom stereocenters. The van der Waals surface area contributed by atoms with Crippen LogP contribution in [-0.2, 0) is 9.78 Å². The van der Waals surface area contributed by atoms with Gasteiger partial charge in [0.15, 0.2) is 0 Å². The summed E-state index contributed by atoms with van der Waals surface area (Å²) in [5, 5.41) is 0. The van der Waals surface area contributed by atoms with Crippen molar-refractivity contribution >= 4 is 0 Å². The van der Waals surface area contributed by atoms with Crippen LogP contribution in [0, 0.1) is 0 Å². The molecule has 0 aromatic carbocycles. The molecule has 0 aromatic rings. The molecule has 72 valence electrons. The Morgan fingerprint density at radius 2 is 2.25 bits per heavy atom. The molecule has 3 nitrogen and oxygen atoms in total. The summed E-state index contributed by atoms with van der Waals surface area (Å²) in [6.45, 7) is 4.69. The molecule has 0 aromatic heterocycles. The minimum absolute atomic E-state index is 0.571. The van der Waals surface area contributed by atoms with E-state index in [2.05, 4.69) is 18.9 Å². The molecule has 1 aliphatic rings. The molecule has 1 fully saturated rings. The van der Waals surface area contributed by atoms with Gasteiger partial charge in [0.1, 0.15) is 0 Å². The summed E-state index contributed by atoms with van der Waals surface area (Å²) in [6, 6.07) is 0.571. The van der Waals surface area contributed by atoms with Gasteiger partial charge < -0.3 is 4.90 Å². The van der Waals surface area contributed by atoms with Crippen LogP contribution in [-0.4, -0.2) is 37.7 Å². The average Bonchev–Trinajstić information content (AvgIpc) is 2.46. The third kappa shape index (κ3) is 3.09. The molecule has 0 aliphatic carbocycles. The maximum absolute atomic E-state index is 5.09. The molecule has 0 radical (unpaired) electrons. The summed E-state index contributed by atoms with van der Waals surface area (Å²) < 4.78 is 0. The van der Waals surface area contributed by atoms with Crippen molar-refractivity contribution in [1.29, 1.82) is 0 Å². The van der Waals surface area contributed by atoms with Gasteiger partial charge in [0, 0.05) is 6.04 Å². The van der Waals surface area contributed by atoms with Gasteiger partial charge in [0.25, 0.3) is 0 Å². The third-order valence-electron chi connectivity index (χ3n) is 2.30. The molecule has 0 N–H and O–H groups in total. The second-order valence-corrected chi connectivity index (χ2v) is 3.38. The first kappa shape index (κ1) is 9.96. The van der Waals surface area contributed by atoms with Gasteiger partial charge >= 0.3 is 0 Å². The molecular weight excluding hydrogens is 154 g/mol. The lowest BCUT2D eigenvalue weighted by Crippen LogP contribution is -2.29. The summed E-state index contributed by atoms with van der Waals surface area (Å²) >= 11 is 0. The molecule has 0 bridgehead atoms. The fourth-order valence-electron chi connectivity index (χ4n) is 1.46. The highest BCUT2D eigenvalue weighted by Crippen LogP contribution is 2.14. The Balaban J connectivity index is 1.98. The van der Waals surface area contributed by atoms with Crippen molar-refractivity contribution in [3.05, 3.63) is 0 Å². The number of nitrogens with zero attached hydrogens (tertiary/aromatic N) is 1. The molecule has 0 saturated carbocycles. The van der Waals surface area contributed by atoms with Crippen molar-refractivity contribution in [3.8, 4) is 0 Å². The van der Waals surface area contributed by atoms with Crippen molar-refractivity contribution in [2.75, 3.05) is 26.8 Å². The second kappa shape index (κ2) is 5.51. The number of hydrogen-bond donors (Lipinski definition) is 0. The Morgan fingerprint density at radius 1 is 1.42 bits per heavy atom. The predicted octanol–water partition coefficient (Wildman–Crippen LogP) is 1.44. The Hall–Kier alpha value is -0.120. The zero-order valence-electron chi connectivity index (χ0n) is 8.08. The van der Waals surface area contributed by atoms with Crippen LogP contribution in [0.15, 0.2) is 0 Å². The Kier molecular flexibility index (Phi) is 4.58. The number of hydrogen-bond acceptors (Lipinski definition) is 3. The fraction of sp³-hybridized carbons (Fsp3) is 1.00. The predicted molar refractivity (Wildman–Crippen MR) is 47.8 cm³/mol. The van der Waals surface area contributed by atoms with Gasteiger partial charge in [-0.3, -0.25) is 0 Å². The van der Waals surface area contributed by atoms with Crippen molar-refractivity contribution < 1.29 is 9.78 Å². The highest BCUT2D eigenvalue weighted by atomic mass is 17.2. The summed E-state index contributed by atoms with van der Waals surface area (Å²) in [5.74, 6) is 0. The van der Waals surface area contributed by atoms with Crippen LogP contribution in [0.4, 0.5) is 0 Å². The van der Waals surface area contributed by atoms with E-state index in [0.717, 1.165) is 13.0 Å². The molecule has 1 rings (SSSR count). The van der Waals surface area contributed by atoms with Crippen molar-refractivity contribution in [2.45, 2.75) is 32.2 Å². The van der Waals surface area contributed by atoms with Gasteiger partial charge in [-0.1, -0.05) is 6.92 Å². The van der Waals surface area contributed by atoms with Crippen LogP contribution in [0.1, 0.15) is 26.2 Å². The molecular formula is C9H19NO2. The summed E-state index contributed by atoms with van der Waals surface area (Å²) in [7, 11) is 2.14. The molecule has 0 spiro atoms. The number of likely N-dealkylation sites (N-methyl/N-ethyl adjacent to an activating group) is 1. The summed E-state index contributed by atoms with van der Waals surface area (Å²) in [5.41, 5.74) is 0. The monoisotopic (exact) mass is 173 g/mol. The van der Waals surface area contributed by atoms with E-state index in [1.807, 2.05) is 0 Å². The SMILES string of the molecule is CCCOOC[C@@H]1CCCN1C. The van der Waals surface area contributed by atoms with Crippen LogP contribution in [0.2, 0.25) is 0 Å². The van der Waals surface area contributed by atoms with Gasteiger partial charge in [-0.25, -0.2) is 9.78 Å². The van der Waals surface area contributed by atoms with E-state index in [0.29, 0.717) is 12.6 Å². The number of rotatable bonds is 5. The normalized spacial score (nSPS) is 25.0. The van der Waals surface area contributed by atoms with E-state index in [-0.39, 0.29) is 0 Å². The Labute approximate surface area is 74.6 Å². The van der Waals surface area contributed by atoms with E-state index in [4.69, 9.17) is 9.78 Å². The zero-order chi connectivity index (χ0) is 8.81. The van der Waals surface area contributed by atoms with E-state index in [1.54, 1.807) is 0 Å². The van der Waals surface area contributed by atoms with E-state index < -0.39 is 0 Å². The van der Waals surface area contributed by atoms with Gasteiger partial charge in [-0.05, 0) is 32.9 Å². The first-order valence-corrected chi connectivity index (χ1v) is 4.79. The highest BCUT2D eigenvalue weighted by molar-refractivity contribution is 4.74. The largest absolute Gasteiger partial charge is 0.301 e. The molecule has 0 unspecified atom stereocenters.